The first-order valence-electron chi connectivity index (χ1n) is 7.13. The Morgan fingerprint density at radius 1 is 1.43 bits per heavy atom. The molecule has 0 radical (unpaired) electrons. The Morgan fingerprint density at radius 3 is 3.10 bits per heavy atom. The average Bonchev–Trinajstić information content (AvgIpc) is 3.02. The lowest BCUT2D eigenvalue weighted by Crippen LogP contribution is -2.36. The van der Waals surface area contributed by atoms with Crippen LogP contribution in [0.2, 0.25) is 0 Å². The zero-order valence-electron chi connectivity index (χ0n) is 11.9. The molecule has 110 valence electrons. The number of pyridine rings is 1. The van der Waals surface area contributed by atoms with Crippen molar-refractivity contribution in [3.63, 3.8) is 0 Å². The van der Waals surface area contributed by atoms with Crippen LogP contribution in [0.5, 0.6) is 0 Å². The Kier molecular flexibility index (Phi) is 3.96. The molecule has 1 amide bonds. The predicted molar refractivity (Wildman–Crippen MR) is 78.1 cm³/mol. The maximum atomic E-state index is 12.5. The van der Waals surface area contributed by atoms with Crippen molar-refractivity contribution in [2.45, 2.75) is 25.9 Å². The first-order chi connectivity index (χ1) is 10.3. The van der Waals surface area contributed by atoms with Crippen molar-refractivity contribution in [3.8, 4) is 5.82 Å². The number of carbonyl (C=O) groups excluding carboxylic acids is 1. The van der Waals surface area contributed by atoms with Crippen molar-refractivity contribution in [1.82, 2.24) is 14.8 Å². The number of ether oxygens (including phenoxy) is 1. The molecular weight excluding hydrogens is 268 g/mol. The number of hydrogen-bond donors (Lipinski definition) is 1. The molecule has 3 rings (SSSR count). The fourth-order valence-corrected chi connectivity index (χ4v) is 2.56. The van der Waals surface area contributed by atoms with Gasteiger partial charge in [-0.25, -0.2) is 9.67 Å². The van der Waals surface area contributed by atoms with Crippen LogP contribution in [0.3, 0.4) is 0 Å². The van der Waals surface area contributed by atoms with Gasteiger partial charge in [0.25, 0.3) is 0 Å². The first kappa shape index (κ1) is 13.8. The number of aromatic nitrogens is 3. The lowest BCUT2D eigenvalue weighted by molar-refractivity contribution is -0.127. The number of nitrogens with one attached hydrogen (secondary N) is 1. The highest BCUT2D eigenvalue weighted by molar-refractivity contribution is 5.94. The minimum atomic E-state index is -0.121. The number of rotatable bonds is 3. The molecule has 0 saturated carbocycles. The van der Waals surface area contributed by atoms with Crippen LogP contribution < -0.4 is 5.32 Å². The van der Waals surface area contributed by atoms with Crippen LogP contribution in [0.4, 0.5) is 5.69 Å². The molecule has 2 aromatic rings. The zero-order valence-corrected chi connectivity index (χ0v) is 11.9. The molecule has 6 nitrogen and oxygen atoms in total. The van der Waals surface area contributed by atoms with Crippen LogP contribution in [-0.2, 0) is 9.53 Å². The summed E-state index contributed by atoms with van der Waals surface area (Å²) < 4.78 is 7.19. The summed E-state index contributed by atoms with van der Waals surface area (Å²) in [5.41, 5.74) is 0.656. The molecule has 1 saturated heterocycles. The summed E-state index contributed by atoms with van der Waals surface area (Å²) in [7, 11) is 0. The van der Waals surface area contributed by atoms with E-state index in [9.17, 15) is 4.79 Å². The number of nitrogens with zero attached hydrogens (tertiary/aromatic N) is 3. The zero-order chi connectivity index (χ0) is 14.7. The second kappa shape index (κ2) is 6.05. The highest BCUT2D eigenvalue weighted by Crippen LogP contribution is 2.24. The van der Waals surface area contributed by atoms with Gasteiger partial charge in [-0.1, -0.05) is 0 Å². The van der Waals surface area contributed by atoms with E-state index >= 15 is 0 Å². The molecule has 1 fully saturated rings. The molecule has 2 aromatic heterocycles. The molecule has 1 aliphatic heterocycles. The molecule has 6 heteroatoms. The van der Waals surface area contributed by atoms with Gasteiger partial charge in [-0.2, -0.15) is 5.10 Å². The van der Waals surface area contributed by atoms with Crippen molar-refractivity contribution < 1.29 is 9.53 Å². The SMILES string of the molecule is CC1OCCCC1C(=O)Nc1cccnc1-n1cccn1. The van der Waals surface area contributed by atoms with Gasteiger partial charge >= 0.3 is 0 Å². The smallest absolute Gasteiger partial charge is 0.230 e. The third kappa shape index (κ3) is 2.95. The van der Waals surface area contributed by atoms with E-state index in [2.05, 4.69) is 15.4 Å². The summed E-state index contributed by atoms with van der Waals surface area (Å²) in [5, 5.41) is 7.12. The van der Waals surface area contributed by atoms with E-state index < -0.39 is 0 Å². The molecule has 1 aliphatic rings. The molecule has 0 aromatic carbocycles. The lowest BCUT2D eigenvalue weighted by Gasteiger charge is -2.28. The summed E-state index contributed by atoms with van der Waals surface area (Å²) in [4.78, 5) is 16.7. The minimum Gasteiger partial charge on any atom is -0.378 e. The van der Waals surface area contributed by atoms with Crippen molar-refractivity contribution >= 4 is 11.6 Å². The largest absolute Gasteiger partial charge is 0.378 e. The third-order valence-electron chi connectivity index (χ3n) is 3.71. The standard InChI is InChI=1S/C15H18N4O2/c1-11-12(5-3-10-21-11)15(20)18-13-6-2-7-16-14(13)19-9-4-8-17-19/h2,4,6-9,11-12H,3,5,10H2,1H3,(H,18,20). The number of amides is 1. The van der Waals surface area contributed by atoms with Crippen molar-refractivity contribution in [2.24, 2.45) is 5.92 Å². The van der Waals surface area contributed by atoms with Gasteiger partial charge in [0.1, 0.15) is 0 Å². The summed E-state index contributed by atoms with van der Waals surface area (Å²) >= 11 is 0. The Morgan fingerprint density at radius 2 is 2.33 bits per heavy atom. The predicted octanol–water partition coefficient (Wildman–Crippen LogP) is 2.02. The normalized spacial score (nSPS) is 22.0. The van der Waals surface area contributed by atoms with Crippen LogP contribution in [0.1, 0.15) is 19.8 Å². The Labute approximate surface area is 123 Å². The van der Waals surface area contributed by atoms with Crippen LogP contribution in [0, 0.1) is 5.92 Å². The second-order valence-corrected chi connectivity index (χ2v) is 5.14. The average molecular weight is 286 g/mol. The van der Waals surface area contributed by atoms with E-state index in [1.54, 1.807) is 29.3 Å². The van der Waals surface area contributed by atoms with E-state index in [4.69, 9.17) is 4.74 Å². The van der Waals surface area contributed by atoms with Crippen molar-refractivity contribution in [3.05, 3.63) is 36.8 Å². The molecule has 3 heterocycles. The van der Waals surface area contributed by atoms with Gasteiger partial charge in [-0.05, 0) is 38.0 Å². The Hall–Kier alpha value is -2.21. The van der Waals surface area contributed by atoms with Crippen LogP contribution in [0.15, 0.2) is 36.8 Å². The molecule has 2 atom stereocenters. The third-order valence-corrected chi connectivity index (χ3v) is 3.71. The molecule has 1 N–H and O–H groups in total. The van der Waals surface area contributed by atoms with E-state index in [1.807, 2.05) is 19.1 Å². The fourth-order valence-electron chi connectivity index (χ4n) is 2.56. The lowest BCUT2D eigenvalue weighted by atomic mass is 9.94. The van der Waals surface area contributed by atoms with Gasteiger partial charge < -0.3 is 10.1 Å². The quantitative estimate of drug-likeness (QED) is 0.937. The fraction of sp³-hybridized carbons (Fsp3) is 0.400. The monoisotopic (exact) mass is 286 g/mol. The van der Waals surface area contributed by atoms with Gasteiger partial charge in [0, 0.05) is 25.2 Å². The van der Waals surface area contributed by atoms with Gasteiger partial charge in [0.05, 0.1) is 17.7 Å². The molecule has 0 aliphatic carbocycles. The first-order valence-corrected chi connectivity index (χ1v) is 7.13. The second-order valence-electron chi connectivity index (χ2n) is 5.14. The Balaban J connectivity index is 1.80. The van der Waals surface area contributed by atoms with Gasteiger partial charge in [0.2, 0.25) is 5.91 Å². The van der Waals surface area contributed by atoms with Crippen LogP contribution in [-0.4, -0.2) is 33.4 Å². The summed E-state index contributed by atoms with van der Waals surface area (Å²) in [6.45, 7) is 2.68. The van der Waals surface area contributed by atoms with Gasteiger partial charge in [-0.3, -0.25) is 4.79 Å². The van der Waals surface area contributed by atoms with Crippen LogP contribution >= 0.6 is 0 Å². The van der Waals surface area contributed by atoms with E-state index in [0.717, 1.165) is 19.4 Å². The molecular formula is C15H18N4O2. The highest BCUT2D eigenvalue weighted by Gasteiger charge is 2.29. The number of carbonyl (C=O) groups is 1. The summed E-state index contributed by atoms with van der Waals surface area (Å²) in [5.74, 6) is 0.466. The topological polar surface area (TPSA) is 69.0 Å². The van der Waals surface area contributed by atoms with Gasteiger partial charge in [-0.15, -0.1) is 0 Å². The summed E-state index contributed by atoms with van der Waals surface area (Å²) in [6, 6.07) is 5.44. The maximum Gasteiger partial charge on any atom is 0.230 e. The molecule has 2 unspecified atom stereocenters. The van der Waals surface area contributed by atoms with E-state index in [0.29, 0.717) is 11.5 Å². The van der Waals surface area contributed by atoms with E-state index in [1.165, 1.54) is 0 Å². The molecule has 21 heavy (non-hydrogen) atoms. The highest BCUT2D eigenvalue weighted by atomic mass is 16.5. The maximum absolute atomic E-state index is 12.5. The Bertz CT molecular complexity index is 612. The summed E-state index contributed by atoms with van der Waals surface area (Å²) in [6.07, 6.45) is 6.87. The van der Waals surface area contributed by atoms with Crippen molar-refractivity contribution in [1.29, 1.82) is 0 Å². The number of hydrogen-bond acceptors (Lipinski definition) is 4. The number of anilines is 1. The molecule has 0 bridgehead atoms. The molecule has 0 spiro atoms. The van der Waals surface area contributed by atoms with Crippen LogP contribution in [0.25, 0.3) is 5.82 Å². The van der Waals surface area contributed by atoms with E-state index in [-0.39, 0.29) is 17.9 Å². The van der Waals surface area contributed by atoms with Gasteiger partial charge in [0.15, 0.2) is 5.82 Å². The van der Waals surface area contributed by atoms with Crippen molar-refractivity contribution in [2.75, 3.05) is 11.9 Å². The minimum absolute atomic E-state index is 0.0244.